The number of nitrogens with one attached hydrogen (secondary N) is 1. The highest BCUT2D eigenvalue weighted by Gasteiger charge is 2.27. The molecule has 25 heavy (non-hydrogen) atoms. The Morgan fingerprint density at radius 2 is 2.32 bits per heavy atom. The van der Waals surface area contributed by atoms with Crippen molar-refractivity contribution >= 4 is 28.4 Å². The van der Waals surface area contributed by atoms with Crippen LogP contribution in [-0.4, -0.2) is 49.3 Å². The number of ketones is 1. The zero-order valence-electron chi connectivity index (χ0n) is 14.1. The Hall–Kier alpha value is -2.18. The first kappa shape index (κ1) is 16.3. The Kier molecular flexibility index (Phi) is 4.31. The summed E-state index contributed by atoms with van der Waals surface area (Å²) in [5.41, 5.74) is 1.34. The van der Waals surface area contributed by atoms with E-state index in [1.165, 1.54) is 0 Å². The lowest BCUT2D eigenvalue weighted by Crippen LogP contribution is -2.37. The lowest BCUT2D eigenvalue weighted by molar-refractivity contribution is 0.0917. The fourth-order valence-electron chi connectivity index (χ4n) is 3.62. The Labute approximate surface area is 150 Å². The smallest absolute Gasteiger partial charge is 0.179 e. The van der Waals surface area contributed by atoms with E-state index in [0.717, 1.165) is 37.1 Å². The molecule has 1 aliphatic rings. The van der Waals surface area contributed by atoms with Gasteiger partial charge in [-0.2, -0.15) is 0 Å². The van der Waals surface area contributed by atoms with Gasteiger partial charge >= 0.3 is 0 Å². The van der Waals surface area contributed by atoms with E-state index >= 15 is 0 Å². The second kappa shape index (κ2) is 6.61. The summed E-state index contributed by atoms with van der Waals surface area (Å²) in [5.74, 6) is 1.13. The molecule has 4 rings (SSSR count). The van der Waals surface area contributed by atoms with Gasteiger partial charge in [0.25, 0.3) is 0 Å². The number of H-pyrrole nitrogens is 1. The van der Waals surface area contributed by atoms with Crippen molar-refractivity contribution in [2.24, 2.45) is 0 Å². The van der Waals surface area contributed by atoms with Crippen molar-refractivity contribution in [3.63, 3.8) is 0 Å². The Morgan fingerprint density at radius 1 is 1.44 bits per heavy atom. The molecule has 4 heterocycles. The van der Waals surface area contributed by atoms with Crippen molar-refractivity contribution in [2.75, 3.05) is 13.1 Å². The fourth-order valence-corrected chi connectivity index (χ4v) is 3.76. The first-order valence-corrected chi connectivity index (χ1v) is 8.88. The Bertz CT molecular complexity index is 915. The average Bonchev–Trinajstić information content (AvgIpc) is 3.29. The van der Waals surface area contributed by atoms with Gasteiger partial charge in [0.2, 0.25) is 0 Å². The van der Waals surface area contributed by atoms with Crippen LogP contribution in [0.1, 0.15) is 29.0 Å². The standard InChI is InChI=1S/C18H20ClN5O/c1-12-20-6-8-23(12)10-13-3-2-7-24(13)11-16(25)15-9-21-18-14(15)4-5-17(19)22-18/h4-6,8-9,13H,2-3,7,10-11H2,1H3,(H,21,22). The highest BCUT2D eigenvalue weighted by molar-refractivity contribution is 6.29. The molecule has 0 aliphatic carbocycles. The number of aryl methyl sites for hydroxylation is 1. The number of pyridine rings is 1. The van der Waals surface area contributed by atoms with Crippen LogP contribution >= 0.6 is 11.6 Å². The molecule has 0 aromatic carbocycles. The summed E-state index contributed by atoms with van der Waals surface area (Å²) in [6.07, 6.45) is 7.79. The zero-order chi connectivity index (χ0) is 17.4. The van der Waals surface area contributed by atoms with Crippen molar-refractivity contribution in [1.29, 1.82) is 0 Å². The van der Waals surface area contributed by atoms with Crippen LogP contribution in [0.25, 0.3) is 11.0 Å². The van der Waals surface area contributed by atoms with E-state index in [2.05, 4.69) is 24.4 Å². The quantitative estimate of drug-likeness (QED) is 0.563. The molecule has 130 valence electrons. The highest BCUT2D eigenvalue weighted by Crippen LogP contribution is 2.23. The largest absolute Gasteiger partial charge is 0.345 e. The van der Waals surface area contributed by atoms with Crippen molar-refractivity contribution < 1.29 is 4.79 Å². The SMILES string of the molecule is Cc1nccn1CC1CCCN1CC(=O)c1c[nH]c2nc(Cl)ccc12. The second-order valence-corrected chi connectivity index (χ2v) is 6.94. The summed E-state index contributed by atoms with van der Waals surface area (Å²) in [7, 11) is 0. The third kappa shape index (κ3) is 3.19. The molecule has 3 aromatic rings. The molecule has 3 aromatic heterocycles. The van der Waals surface area contributed by atoms with E-state index < -0.39 is 0 Å². The van der Waals surface area contributed by atoms with E-state index in [-0.39, 0.29) is 5.78 Å². The van der Waals surface area contributed by atoms with Gasteiger partial charge in [-0.1, -0.05) is 11.6 Å². The van der Waals surface area contributed by atoms with Crippen LogP contribution in [0.4, 0.5) is 0 Å². The zero-order valence-corrected chi connectivity index (χ0v) is 14.8. The third-order valence-electron chi connectivity index (χ3n) is 4.98. The lowest BCUT2D eigenvalue weighted by atomic mass is 10.1. The van der Waals surface area contributed by atoms with Crippen molar-refractivity contribution in [3.05, 3.63) is 47.3 Å². The van der Waals surface area contributed by atoms with Gasteiger partial charge < -0.3 is 9.55 Å². The molecule has 0 radical (unpaired) electrons. The van der Waals surface area contributed by atoms with E-state index in [1.54, 1.807) is 12.3 Å². The predicted molar refractivity (Wildman–Crippen MR) is 97.0 cm³/mol. The number of Topliss-reactive ketones (excluding diaryl/α,β-unsaturated/α-hetero) is 1. The number of carbonyl (C=O) groups is 1. The number of halogens is 1. The summed E-state index contributed by atoms with van der Waals surface area (Å²) in [4.78, 5) is 26.7. The van der Waals surface area contributed by atoms with E-state index in [0.29, 0.717) is 29.0 Å². The van der Waals surface area contributed by atoms with Crippen molar-refractivity contribution in [1.82, 2.24) is 24.4 Å². The number of aromatic nitrogens is 4. The molecule has 0 saturated carbocycles. The van der Waals surface area contributed by atoms with E-state index in [9.17, 15) is 4.79 Å². The Balaban J connectivity index is 1.50. The summed E-state index contributed by atoms with van der Waals surface area (Å²) in [6.45, 7) is 4.27. The Morgan fingerprint density at radius 3 is 3.12 bits per heavy atom. The minimum absolute atomic E-state index is 0.115. The number of hydrogen-bond donors (Lipinski definition) is 1. The molecule has 0 amide bonds. The van der Waals surface area contributed by atoms with E-state index in [4.69, 9.17) is 11.6 Å². The second-order valence-electron chi connectivity index (χ2n) is 6.55. The molecule has 0 bridgehead atoms. The molecule has 1 saturated heterocycles. The van der Waals surface area contributed by atoms with Gasteiger partial charge in [0.05, 0.1) is 6.54 Å². The van der Waals surface area contributed by atoms with Crippen molar-refractivity contribution in [2.45, 2.75) is 32.4 Å². The molecule has 6 nitrogen and oxygen atoms in total. The molecule has 7 heteroatoms. The number of hydrogen-bond acceptors (Lipinski definition) is 4. The molecule has 1 N–H and O–H groups in total. The highest BCUT2D eigenvalue weighted by atomic mass is 35.5. The normalized spacial score (nSPS) is 18.2. The summed E-state index contributed by atoms with van der Waals surface area (Å²) in [6, 6.07) is 3.94. The molecule has 0 spiro atoms. The summed E-state index contributed by atoms with van der Waals surface area (Å²) < 4.78 is 2.16. The molecule has 1 aliphatic heterocycles. The van der Waals surface area contributed by atoms with Gasteiger partial charge in [-0.3, -0.25) is 9.69 Å². The van der Waals surface area contributed by atoms with Crippen LogP contribution in [0.15, 0.2) is 30.7 Å². The maximum Gasteiger partial charge on any atom is 0.179 e. The number of nitrogens with zero attached hydrogens (tertiary/aromatic N) is 4. The van der Waals surface area contributed by atoms with E-state index in [1.807, 2.05) is 25.4 Å². The monoisotopic (exact) mass is 357 g/mol. The molecule has 1 unspecified atom stereocenters. The van der Waals surface area contributed by atoms with Gasteiger partial charge in [0.1, 0.15) is 16.6 Å². The van der Waals surface area contributed by atoms with Gasteiger partial charge in [-0.05, 0) is 38.4 Å². The molecular formula is C18H20ClN5O. The van der Waals surface area contributed by atoms with Crippen LogP contribution in [0.3, 0.4) is 0 Å². The fraction of sp³-hybridized carbons (Fsp3) is 0.389. The number of rotatable bonds is 5. The summed E-state index contributed by atoms with van der Waals surface area (Å²) in [5, 5.41) is 1.25. The number of fused-ring (bicyclic) bond motifs is 1. The predicted octanol–water partition coefficient (Wildman–Crippen LogP) is 3.07. The minimum Gasteiger partial charge on any atom is -0.345 e. The van der Waals surface area contributed by atoms with Crippen LogP contribution < -0.4 is 0 Å². The average molecular weight is 358 g/mol. The van der Waals surface area contributed by atoms with Gasteiger partial charge in [-0.15, -0.1) is 0 Å². The topological polar surface area (TPSA) is 66.8 Å². The van der Waals surface area contributed by atoms with Crippen LogP contribution in [-0.2, 0) is 6.54 Å². The maximum absolute atomic E-state index is 12.8. The number of aromatic amines is 1. The van der Waals surface area contributed by atoms with Crippen LogP contribution in [0, 0.1) is 6.92 Å². The number of likely N-dealkylation sites (tertiary alicyclic amines) is 1. The lowest BCUT2D eigenvalue weighted by Gasteiger charge is -2.24. The van der Waals surface area contributed by atoms with Gasteiger partial charge in [0, 0.05) is 42.1 Å². The first-order valence-electron chi connectivity index (χ1n) is 8.50. The third-order valence-corrected chi connectivity index (χ3v) is 5.19. The van der Waals surface area contributed by atoms with Crippen molar-refractivity contribution in [3.8, 4) is 0 Å². The number of carbonyl (C=O) groups excluding carboxylic acids is 1. The van der Waals surface area contributed by atoms with Crippen LogP contribution in [0.5, 0.6) is 0 Å². The number of imidazole rings is 1. The maximum atomic E-state index is 12.8. The van der Waals surface area contributed by atoms with Gasteiger partial charge in [0.15, 0.2) is 5.78 Å². The van der Waals surface area contributed by atoms with Gasteiger partial charge in [-0.25, -0.2) is 9.97 Å². The molecule has 1 fully saturated rings. The summed E-state index contributed by atoms with van der Waals surface area (Å²) >= 11 is 5.91. The molecular weight excluding hydrogens is 338 g/mol. The minimum atomic E-state index is 0.115. The molecule has 1 atom stereocenters. The first-order chi connectivity index (χ1) is 12.1. The van der Waals surface area contributed by atoms with Crippen LogP contribution in [0.2, 0.25) is 5.15 Å².